The molecule has 152 valence electrons. The number of likely N-dealkylation sites (tertiary alicyclic amines) is 2. The number of halogens is 3. The van der Waals surface area contributed by atoms with Crippen LogP contribution in [-0.2, 0) is 6.18 Å². The molecule has 2 atom stereocenters. The van der Waals surface area contributed by atoms with Crippen LogP contribution in [0.3, 0.4) is 0 Å². The molecule has 6 nitrogen and oxygen atoms in total. The molecule has 2 aliphatic rings. The van der Waals surface area contributed by atoms with E-state index in [2.05, 4.69) is 27.0 Å². The molecular weight excluding hydrogens is 373 g/mol. The van der Waals surface area contributed by atoms with Gasteiger partial charge in [-0.05, 0) is 51.5 Å². The van der Waals surface area contributed by atoms with Gasteiger partial charge in [0, 0.05) is 18.2 Å². The number of nitrogens with zero attached hydrogens (tertiary/aromatic N) is 4. The summed E-state index contributed by atoms with van der Waals surface area (Å²) in [5.74, 6) is 0.666. The SMILES string of the molecule is CN1CCC(N2CC(O)CC2c2nc(-c3ccc(C(F)(F)F)cc3)no2)CC1. The average Bonchev–Trinajstić information content (AvgIpc) is 3.28. The highest BCUT2D eigenvalue weighted by Crippen LogP contribution is 2.36. The fraction of sp³-hybridized carbons (Fsp3) is 0.579. The average molecular weight is 396 g/mol. The highest BCUT2D eigenvalue weighted by atomic mass is 19.4. The summed E-state index contributed by atoms with van der Waals surface area (Å²) in [5.41, 5.74) is -0.250. The molecular formula is C19H23F3N4O2. The molecule has 0 radical (unpaired) electrons. The summed E-state index contributed by atoms with van der Waals surface area (Å²) in [7, 11) is 2.10. The molecule has 0 bridgehead atoms. The minimum atomic E-state index is -4.38. The maximum atomic E-state index is 12.7. The molecule has 2 saturated heterocycles. The third-order valence-corrected chi connectivity index (χ3v) is 5.67. The van der Waals surface area contributed by atoms with Gasteiger partial charge in [0.05, 0.1) is 17.7 Å². The van der Waals surface area contributed by atoms with Crippen molar-refractivity contribution in [1.82, 2.24) is 19.9 Å². The van der Waals surface area contributed by atoms with Crippen molar-refractivity contribution < 1.29 is 22.8 Å². The number of alkyl halides is 3. The van der Waals surface area contributed by atoms with Crippen molar-refractivity contribution in [2.75, 3.05) is 26.7 Å². The third kappa shape index (κ3) is 3.92. The Balaban J connectivity index is 1.52. The van der Waals surface area contributed by atoms with Crippen molar-refractivity contribution in [1.29, 1.82) is 0 Å². The van der Waals surface area contributed by atoms with Crippen LogP contribution in [-0.4, -0.2) is 63.9 Å². The van der Waals surface area contributed by atoms with Crippen LogP contribution in [0.1, 0.15) is 36.8 Å². The normalized spacial score (nSPS) is 25.5. The zero-order valence-corrected chi connectivity index (χ0v) is 15.6. The first-order chi connectivity index (χ1) is 13.3. The van der Waals surface area contributed by atoms with Gasteiger partial charge in [0.25, 0.3) is 0 Å². The molecule has 1 N–H and O–H groups in total. The van der Waals surface area contributed by atoms with Gasteiger partial charge in [-0.1, -0.05) is 17.3 Å². The molecule has 2 aliphatic heterocycles. The van der Waals surface area contributed by atoms with E-state index in [-0.39, 0.29) is 11.9 Å². The fourth-order valence-electron chi connectivity index (χ4n) is 4.11. The van der Waals surface area contributed by atoms with Gasteiger partial charge in [-0.25, -0.2) is 0 Å². The summed E-state index contributed by atoms with van der Waals surface area (Å²) in [6.07, 6.45) is -2.29. The Hall–Kier alpha value is -1.97. The van der Waals surface area contributed by atoms with Crippen LogP contribution < -0.4 is 0 Å². The molecule has 0 spiro atoms. The van der Waals surface area contributed by atoms with Gasteiger partial charge in [-0.15, -0.1) is 0 Å². The largest absolute Gasteiger partial charge is 0.416 e. The number of β-amino-alcohol motifs (C(OH)–C–C–N with tert-alkyl or cyclic N) is 1. The van der Waals surface area contributed by atoms with E-state index in [4.69, 9.17) is 4.52 Å². The van der Waals surface area contributed by atoms with Gasteiger partial charge in [-0.3, -0.25) is 4.90 Å². The molecule has 4 rings (SSSR count). The first-order valence-electron chi connectivity index (χ1n) is 9.45. The van der Waals surface area contributed by atoms with Gasteiger partial charge in [0.15, 0.2) is 0 Å². The molecule has 0 saturated carbocycles. The number of hydrogen-bond acceptors (Lipinski definition) is 6. The van der Waals surface area contributed by atoms with E-state index in [0.29, 0.717) is 30.5 Å². The predicted octanol–water partition coefficient (Wildman–Crippen LogP) is 2.96. The van der Waals surface area contributed by atoms with Gasteiger partial charge in [-0.2, -0.15) is 18.2 Å². The number of aliphatic hydroxyl groups excluding tert-OH is 1. The standard InChI is InChI=1S/C19H23F3N4O2/c1-25-8-6-14(7-9-25)26-11-15(27)10-16(26)18-23-17(24-28-18)12-2-4-13(5-3-12)19(20,21)22/h2-5,14-16,27H,6-11H2,1H3. The molecule has 0 amide bonds. The number of benzene rings is 1. The predicted molar refractivity (Wildman–Crippen MR) is 95.3 cm³/mol. The van der Waals surface area contributed by atoms with Gasteiger partial charge < -0.3 is 14.5 Å². The van der Waals surface area contributed by atoms with E-state index >= 15 is 0 Å². The Morgan fingerprint density at radius 3 is 2.46 bits per heavy atom. The molecule has 1 aromatic heterocycles. The lowest BCUT2D eigenvalue weighted by molar-refractivity contribution is -0.137. The number of aromatic nitrogens is 2. The second-order valence-electron chi connectivity index (χ2n) is 7.67. The minimum Gasteiger partial charge on any atom is -0.392 e. The molecule has 2 aromatic rings. The van der Waals surface area contributed by atoms with Gasteiger partial charge in [0.1, 0.15) is 0 Å². The third-order valence-electron chi connectivity index (χ3n) is 5.67. The van der Waals surface area contributed by atoms with Crippen molar-refractivity contribution in [2.24, 2.45) is 0 Å². The summed E-state index contributed by atoms with van der Waals surface area (Å²) >= 11 is 0. The van der Waals surface area contributed by atoms with Crippen LogP contribution in [0.25, 0.3) is 11.4 Å². The fourth-order valence-corrected chi connectivity index (χ4v) is 4.11. The van der Waals surface area contributed by atoms with E-state index in [0.717, 1.165) is 38.1 Å². The number of hydrogen-bond donors (Lipinski definition) is 1. The summed E-state index contributed by atoms with van der Waals surface area (Å²) in [6, 6.07) is 4.88. The maximum Gasteiger partial charge on any atom is 0.416 e. The second-order valence-corrected chi connectivity index (χ2v) is 7.67. The highest BCUT2D eigenvalue weighted by Gasteiger charge is 2.40. The van der Waals surface area contributed by atoms with Gasteiger partial charge >= 0.3 is 6.18 Å². The first kappa shape index (κ1) is 19.4. The quantitative estimate of drug-likeness (QED) is 0.861. The number of aliphatic hydroxyl groups is 1. The monoisotopic (exact) mass is 396 g/mol. The van der Waals surface area contributed by atoms with Crippen LogP contribution in [0.5, 0.6) is 0 Å². The Kier molecular flexibility index (Phi) is 5.15. The van der Waals surface area contributed by atoms with Crippen LogP contribution in [0.4, 0.5) is 13.2 Å². The van der Waals surface area contributed by atoms with E-state index in [1.165, 1.54) is 12.1 Å². The lowest BCUT2D eigenvalue weighted by Crippen LogP contribution is -2.43. The maximum absolute atomic E-state index is 12.7. The summed E-state index contributed by atoms with van der Waals surface area (Å²) in [5, 5.41) is 14.2. The Morgan fingerprint density at radius 2 is 1.82 bits per heavy atom. The molecule has 2 fully saturated rings. The smallest absolute Gasteiger partial charge is 0.392 e. The van der Waals surface area contributed by atoms with Crippen LogP contribution in [0.2, 0.25) is 0 Å². The summed E-state index contributed by atoms with van der Waals surface area (Å²) in [6.45, 7) is 2.58. The van der Waals surface area contributed by atoms with E-state index in [1.54, 1.807) is 0 Å². The van der Waals surface area contributed by atoms with E-state index in [9.17, 15) is 18.3 Å². The van der Waals surface area contributed by atoms with Crippen molar-refractivity contribution in [2.45, 2.75) is 43.6 Å². The lowest BCUT2D eigenvalue weighted by atomic mass is 10.0. The van der Waals surface area contributed by atoms with E-state index in [1.807, 2.05) is 0 Å². The highest BCUT2D eigenvalue weighted by molar-refractivity contribution is 5.54. The minimum absolute atomic E-state index is 0.167. The van der Waals surface area contributed by atoms with Crippen LogP contribution in [0, 0.1) is 0 Å². The molecule has 1 aromatic carbocycles. The summed E-state index contributed by atoms with van der Waals surface area (Å²) < 4.78 is 43.6. The molecule has 9 heteroatoms. The van der Waals surface area contributed by atoms with E-state index < -0.39 is 17.8 Å². The second kappa shape index (κ2) is 7.46. The summed E-state index contributed by atoms with van der Waals surface area (Å²) in [4.78, 5) is 8.95. The van der Waals surface area contributed by atoms with Gasteiger partial charge in [0.2, 0.25) is 11.7 Å². The van der Waals surface area contributed by atoms with Crippen molar-refractivity contribution >= 4 is 0 Å². The van der Waals surface area contributed by atoms with Crippen molar-refractivity contribution in [3.8, 4) is 11.4 Å². The molecule has 28 heavy (non-hydrogen) atoms. The van der Waals surface area contributed by atoms with Crippen LogP contribution >= 0.6 is 0 Å². The Labute approximate surface area is 160 Å². The van der Waals surface area contributed by atoms with Crippen molar-refractivity contribution in [3.05, 3.63) is 35.7 Å². The lowest BCUT2D eigenvalue weighted by Gasteiger charge is -2.37. The molecule has 2 unspecified atom stereocenters. The first-order valence-corrected chi connectivity index (χ1v) is 9.45. The Bertz CT molecular complexity index is 800. The topological polar surface area (TPSA) is 65.6 Å². The van der Waals surface area contributed by atoms with Crippen molar-refractivity contribution in [3.63, 3.8) is 0 Å². The molecule has 3 heterocycles. The zero-order valence-electron chi connectivity index (χ0n) is 15.6. The molecule has 0 aliphatic carbocycles. The number of rotatable bonds is 3. The Morgan fingerprint density at radius 1 is 1.14 bits per heavy atom. The van der Waals surface area contributed by atoms with Crippen LogP contribution in [0.15, 0.2) is 28.8 Å². The zero-order chi connectivity index (χ0) is 19.9. The number of piperidine rings is 1.